The molecule has 0 aliphatic rings. The van der Waals surface area contributed by atoms with Crippen LogP contribution >= 0.6 is 25.3 Å². The van der Waals surface area contributed by atoms with Crippen LogP contribution in [0.4, 0.5) is 0 Å². The van der Waals surface area contributed by atoms with Gasteiger partial charge in [0.05, 0.1) is 12.7 Å². The van der Waals surface area contributed by atoms with E-state index >= 15 is 0 Å². The minimum absolute atomic E-state index is 0.142. The Bertz CT molecular complexity index is 58.0. The Morgan fingerprint density at radius 1 is 1.38 bits per heavy atom. The van der Waals surface area contributed by atoms with Crippen molar-refractivity contribution >= 4 is 25.3 Å². The van der Waals surface area contributed by atoms with Crippen molar-refractivity contribution in [2.45, 2.75) is 17.1 Å². The first-order valence-corrected chi connectivity index (χ1v) is 3.35. The second-order valence-electron chi connectivity index (χ2n) is 1.55. The molecule has 2 N–H and O–H groups in total. The molecule has 1 unspecified atom stereocenters. The van der Waals surface area contributed by atoms with Gasteiger partial charge in [-0.3, -0.25) is 0 Å². The summed E-state index contributed by atoms with van der Waals surface area (Å²) in [7, 11) is 0. The van der Waals surface area contributed by atoms with Crippen LogP contribution in [0.2, 0.25) is 0 Å². The fourth-order valence-corrected chi connectivity index (χ4v) is 0.805. The zero-order chi connectivity index (χ0) is 6.57. The van der Waals surface area contributed by atoms with Crippen molar-refractivity contribution in [2.24, 2.45) is 0 Å². The molecule has 0 bridgehead atoms. The molecule has 0 saturated carbocycles. The summed E-state index contributed by atoms with van der Waals surface area (Å²) in [5, 5.41) is 16.9. The lowest BCUT2D eigenvalue weighted by molar-refractivity contribution is 0.0920. The first-order chi connectivity index (χ1) is 3.66. The van der Waals surface area contributed by atoms with Crippen molar-refractivity contribution in [1.82, 2.24) is 0 Å². The highest BCUT2D eigenvalue weighted by atomic mass is 32.2. The highest BCUT2D eigenvalue weighted by Gasteiger charge is 2.04. The lowest BCUT2D eigenvalue weighted by Gasteiger charge is -2.06. The molecule has 0 radical (unpaired) electrons. The molecule has 0 heterocycles. The van der Waals surface area contributed by atoms with Gasteiger partial charge in [-0.1, -0.05) is 0 Å². The molecule has 0 fully saturated rings. The van der Waals surface area contributed by atoms with E-state index in [4.69, 9.17) is 10.2 Å². The van der Waals surface area contributed by atoms with Crippen LogP contribution in [0.1, 0.15) is 6.42 Å². The van der Waals surface area contributed by atoms with Gasteiger partial charge in [0.25, 0.3) is 0 Å². The van der Waals surface area contributed by atoms with Crippen molar-refractivity contribution < 1.29 is 10.2 Å². The van der Waals surface area contributed by atoms with Gasteiger partial charge in [-0.15, -0.1) is 0 Å². The number of hydrogen-bond donors (Lipinski definition) is 4. The second kappa shape index (κ2) is 4.49. The van der Waals surface area contributed by atoms with Crippen molar-refractivity contribution in [2.75, 3.05) is 6.61 Å². The molecule has 0 aromatic carbocycles. The van der Waals surface area contributed by atoms with E-state index < -0.39 is 6.10 Å². The predicted octanol–water partition coefficient (Wildman–Crippen LogP) is -0.0846. The van der Waals surface area contributed by atoms with Crippen LogP contribution in [0.3, 0.4) is 0 Å². The first kappa shape index (κ1) is 8.62. The Morgan fingerprint density at radius 2 is 1.88 bits per heavy atom. The zero-order valence-electron chi connectivity index (χ0n) is 4.36. The van der Waals surface area contributed by atoms with Gasteiger partial charge in [0.15, 0.2) is 0 Å². The summed E-state index contributed by atoms with van der Waals surface area (Å²) in [6, 6.07) is 0. The Labute approximate surface area is 59.7 Å². The van der Waals surface area contributed by atoms with E-state index in [1.807, 2.05) is 0 Å². The summed E-state index contributed by atoms with van der Waals surface area (Å²) in [5.74, 6) is 0. The third kappa shape index (κ3) is 4.77. The fourth-order valence-electron chi connectivity index (χ4n) is 0.318. The van der Waals surface area contributed by atoms with Crippen LogP contribution in [0.15, 0.2) is 0 Å². The summed E-state index contributed by atoms with van der Waals surface area (Å²) < 4.78 is -0.142. The van der Waals surface area contributed by atoms with Gasteiger partial charge in [0, 0.05) is 4.58 Å². The van der Waals surface area contributed by atoms with Crippen molar-refractivity contribution in [1.29, 1.82) is 0 Å². The highest BCUT2D eigenvalue weighted by Crippen LogP contribution is 2.07. The molecule has 0 aliphatic heterocycles. The molecule has 50 valence electrons. The molecule has 0 rings (SSSR count). The van der Waals surface area contributed by atoms with Crippen LogP contribution in [0.25, 0.3) is 0 Å². The van der Waals surface area contributed by atoms with E-state index in [1.54, 1.807) is 0 Å². The summed E-state index contributed by atoms with van der Waals surface area (Å²) in [5.41, 5.74) is 0. The van der Waals surface area contributed by atoms with E-state index in [9.17, 15) is 0 Å². The Balaban J connectivity index is 3.10. The van der Waals surface area contributed by atoms with Crippen LogP contribution in [-0.2, 0) is 0 Å². The van der Waals surface area contributed by atoms with Crippen molar-refractivity contribution in [3.8, 4) is 0 Å². The molecule has 0 aromatic heterocycles. The first-order valence-electron chi connectivity index (χ1n) is 2.32. The summed E-state index contributed by atoms with van der Waals surface area (Å²) in [4.78, 5) is 0. The summed E-state index contributed by atoms with van der Waals surface area (Å²) >= 11 is 7.77. The van der Waals surface area contributed by atoms with E-state index in [1.165, 1.54) is 0 Å². The van der Waals surface area contributed by atoms with Crippen LogP contribution in [0, 0.1) is 0 Å². The molecule has 4 heteroatoms. The summed E-state index contributed by atoms with van der Waals surface area (Å²) in [6.45, 7) is -0.211. The summed E-state index contributed by atoms with van der Waals surface area (Å²) in [6.07, 6.45) is -0.252. The number of hydrogen-bond acceptors (Lipinski definition) is 4. The largest absolute Gasteiger partial charge is 0.394 e. The standard InChI is InChI=1S/C4H10O2S2/c5-2-3(6)1-4(7)8/h3-8H,1-2H2. The SMILES string of the molecule is OCC(O)CC(S)S. The Hall–Kier alpha value is 0.620. The molecular weight excluding hydrogens is 144 g/mol. The Kier molecular flexibility index (Phi) is 4.84. The normalized spacial score (nSPS) is 14.6. The maximum absolute atomic E-state index is 8.68. The van der Waals surface area contributed by atoms with Crippen molar-refractivity contribution in [3.63, 3.8) is 0 Å². The lowest BCUT2D eigenvalue weighted by Crippen LogP contribution is -2.14. The molecule has 0 saturated heterocycles. The molecule has 8 heavy (non-hydrogen) atoms. The van der Waals surface area contributed by atoms with Gasteiger partial charge in [0.1, 0.15) is 0 Å². The Morgan fingerprint density at radius 3 is 2.00 bits per heavy atom. The fraction of sp³-hybridized carbons (Fsp3) is 1.00. The van der Waals surface area contributed by atoms with Gasteiger partial charge in [-0.25, -0.2) is 0 Å². The second-order valence-corrected chi connectivity index (χ2v) is 3.21. The predicted molar refractivity (Wildman–Crippen MR) is 39.5 cm³/mol. The van der Waals surface area contributed by atoms with Gasteiger partial charge in [-0.2, -0.15) is 25.3 Å². The van der Waals surface area contributed by atoms with Gasteiger partial charge < -0.3 is 10.2 Å². The third-order valence-corrected chi connectivity index (χ3v) is 1.12. The van der Waals surface area contributed by atoms with E-state index in [-0.39, 0.29) is 11.2 Å². The molecule has 1 atom stereocenters. The monoisotopic (exact) mass is 154 g/mol. The minimum Gasteiger partial charge on any atom is -0.394 e. The van der Waals surface area contributed by atoms with E-state index in [0.717, 1.165) is 0 Å². The van der Waals surface area contributed by atoms with Gasteiger partial charge in [0.2, 0.25) is 0 Å². The number of aliphatic hydroxyl groups is 2. The van der Waals surface area contributed by atoms with Gasteiger partial charge >= 0.3 is 0 Å². The molecule has 0 aromatic rings. The van der Waals surface area contributed by atoms with E-state index in [0.29, 0.717) is 6.42 Å². The average Bonchev–Trinajstić information content (AvgIpc) is 1.65. The van der Waals surface area contributed by atoms with Gasteiger partial charge in [-0.05, 0) is 6.42 Å². The maximum atomic E-state index is 8.68. The van der Waals surface area contributed by atoms with Crippen LogP contribution in [-0.4, -0.2) is 27.5 Å². The minimum atomic E-state index is -0.671. The topological polar surface area (TPSA) is 40.5 Å². The lowest BCUT2D eigenvalue weighted by atomic mass is 10.3. The quantitative estimate of drug-likeness (QED) is 0.339. The number of aliphatic hydroxyl groups excluding tert-OH is 2. The number of thiol groups is 2. The van der Waals surface area contributed by atoms with Crippen LogP contribution in [0.5, 0.6) is 0 Å². The highest BCUT2D eigenvalue weighted by molar-refractivity contribution is 7.99. The smallest absolute Gasteiger partial charge is 0.0789 e. The average molecular weight is 154 g/mol. The van der Waals surface area contributed by atoms with Crippen molar-refractivity contribution in [3.05, 3.63) is 0 Å². The third-order valence-electron chi connectivity index (χ3n) is 0.694. The van der Waals surface area contributed by atoms with Crippen LogP contribution < -0.4 is 0 Å². The zero-order valence-corrected chi connectivity index (χ0v) is 6.15. The molecule has 0 aliphatic carbocycles. The maximum Gasteiger partial charge on any atom is 0.0789 e. The molecular formula is C4H10O2S2. The molecule has 0 amide bonds. The molecule has 2 nitrogen and oxygen atoms in total. The van der Waals surface area contributed by atoms with E-state index in [2.05, 4.69) is 25.3 Å². The molecule has 0 spiro atoms. The number of rotatable bonds is 3.